The quantitative estimate of drug-likeness (QED) is 0.633. The SMILES string of the molecule is CC(=NCC(=O)[O-])c1ccccc1[N-]C(=O)C1=CCC=CN1.[Ni+2]. The number of carboxylic acids is 1. The minimum Gasteiger partial charge on any atom is -0.621 e. The Morgan fingerprint density at radius 1 is 1.35 bits per heavy atom. The van der Waals surface area contributed by atoms with Gasteiger partial charge in [-0.1, -0.05) is 36.4 Å². The number of carbonyl (C=O) groups excluding carboxylic acids is 2. The summed E-state index contributed by atoms with van der Waals surface area (Å²) < 4.78 is 0. The van der Waals surface area contributed by atoms with Crippen molar-refractivity contribution in [3.63, 3.8) is 0 Å². The van der Waals surface area contributed by atoms with Crippen molar-refractivity contribution in [2.75, 3.05) is 6.54 Å². The molecule has 1 aromatic carbocycles. The van der Waals surface area contributed by atoms with Crippen LogP contribution in [0.5, 0.6) is 0 Å². The molecule has 1 aromatic rings. The number of benzene rings is 1. The maximum atomic E-state index is 12.1. The Balaban J connectivity index is 0.00000264. The molecular weight excluding hydrogens is 341 g/mol. The third kappa shape index (κ3) is 5.38. The minimum absolute atomic E-state index is 0. The van der Waals surface area contributed by atoms with Crippen LogP contribution in [-0.2, 0) is 26.1 Å². The second kappa shape index (κ2) is 8.90. The van der Waals surface area contributed by atoms with E-state index < -0.39 is 12.5 Å². The van der Waals surface area contributed by atoms with E-state index in [1.807, 2.05) is 6.08 Å². The molecule has 6 nitrogen and oxygen atoms in total. The van der Waals surface area contributed by atoms with Crippen molar-refractivity contribution in [3.05, 3.63) is 59.2 Å². The number of nitrogens with one attached hydrogen (secondary N) is 1. The van der Waals surface area contributed by atoms with Crippen molar-refractivity contribution in [1.82, 2.24) is 5.32 Å². The molecule has 1 amide bonds. The number of aliphatic carboxylic acids is 1. The van der Waals surface area contributed by atoms with Crippen molar-refractivity contribution < 1.29 is 31.2 Å². The van der Waals surface area contributed by atoms with Gasteiger partial charge in [0.25, 0.3) is 0 Å². The second-order valence-electron chi connectivity index (χ2n) is 4.61. The fraction of sp³-hybridized carbons (Fsp3) is 0.188. The van der Waals surface area contributed by atoms with Gasteiger partial charge in [-0.05, 0) is 25.1 Å². The van der Waals surface area contributed by atoms with Gasteiger partial charge in [0.15, 0.2) is 0 Å². The number of hydrogen-bond acceptors (Lipinski definition) is 5. The molecule has 1 heterocycles. The average molecular weight is 356 g/mol. The van der Waals surface area contributed by atoms with Crippen molar-refractivity contribution in [1.29, 1.82) is 0 Å². The van der Waals surface area contributed by atoms with Gasteiger partial charge in [0, 0.05) is 5.71 Å². The molecule has 0 aromatic heterocycles. The van der Waals surface area contributed by atoms with E-state index in [9.17, 15) is 14.7 Å². The van der Waals surface area contributed by atoms with E-state index in [0.29, 0.717) is 29.1 Å². The zero-order valence-corrected chi connectivity index (χ0v) is 13.4. The normalized spacial score (nSPS) is 13.4. The summed E-state index contributed by atoms with van der Waals surface area (Å²) in [6, 6.07) is 6.95. The summed E-state index contributed by atoms with van der Waals surface area (Å²) in [5, 5.41) is 17.4. The van der Waals surface area contributed by atoms with Gasteiger partial charge in [-0.15, -0.1) is 5.69 Å². The van der Waals surface area contributed by atoms with Crippen molar-refractivity contribution >= 4 is 23.3 Å². The largest absolute Gasteiger partial charge is 2.00 e. The van der Waals surface area contributed by atoms with Crippen molar-refractivity contribution in [2.45, 2.75) is 13.3 Å². The third-order valence-corrected chi connectivity index (χ3v) is 3.01. The zero-order valence-electron chi connectivity index (χ0n) is 12.4. The van der Waals surface area contributed by atoms with E-state index >= 15 is 0 Å². The molecule has 0 atom stereocenters. The Bertz CT molecular complexity index is 681. The number of allylic oxidation sites excluding steroid dienone is 2. The molecule has 0 aliphatic carbocycles. The van der Waals surface area contributed by atoms with E-state index in [1.165, 1.54) is 0 Å². The predicted octanol–water partition coefficient (Wildman–Crippen LogP) is 1.17. The number of para-hydroxylation sites is 1. The first-order valence-electron chi connectivity index (χ1n) is 6.76. The van der Waals surface area contributed by atoms with Crippen LogP contribution >= 0.6 is 0 Å². The Morgan fingerprint density at radius 2 is 2.09 bits per heavy atom. The van der Waals surface area contributed by atoms with E-state index in [1.54, 1.807) is 43.5 Å². The molecule has 23 heavy (non-hydrogen) atoms. The van der Waals surface area contributed by atoms with Gasteiger partial charge in [0.1, 0.15) is 5.91 Å². The smallest absolute Gasteiger partial charge is 0.621 e. The number of carbonyl (C=O) groups is 2. The molecule has 1 N–H and O–H groups in total. The van der Waals surface area contributed by atoms with E-state index in [-0.39, 0.29) is 22.4 Å². The number of rotatable bonds is 5. The van der Waals surface area contributed by atoms with Crippen molar-refractivity contribution in [3.8, 4) is 0 Å². The molecule has 2 rings (SSSR count). The van der Waals surface area contributed by atoms with Crippen LogP contribution in [0.2, 0.25) is 0 Å². The number of amides is 1. The van der Waals surface area contributed by atoms with Crippen LogP contribution in [0, 0.1) is 0 Å². The molecule has 1 aliphatic rings. The van der Waals surface area contributed by atoms with Gasteiger partial charge in [-0.3, -0.25) is 4.99 Å². The molecular formula is C16H15N3NiO3. The summed E-state index contributed by atoms with van der Waals surface area (Å²) in [5.74, 6) is -1.64. The summed E-state index contributed by atoms with van der Waals surface area (Å²) in [5.41, 5.74) is 1.97. The summed E-state index contributed by atoms with van der Waals surface area (Å²) in [4.78, 5) is 26.5. The summed E-state index contributed by atoms with van der Waals surface area (Å²) in [6.07, 6.45) is 6.02. The molecule has 0 saturated carbocycles. The molecule has 0 fully saturated rings. The first-order valence-corrected chi connectivity index (χ1v) is 6.76. The Labute approximate surface area is 144 Å². The maximum Gasteiger partial charge on any atom is 2.00 e. The summed E-state index contributed by atoms with van der Waals surface area (Å²) >= 11 is 0. The zero-order chi connectivity index (χ0) is 15.9. The van der Waals surface area contributed by atoms with E-state index in [4.69, 9.17) is 0 Å². The first-order chi connectivity index (χ1) is 10.6. The average Bonchev–Trinajstić information content (AvgIpc) is 2.54. The first kappa shape index (κ1) is 18.7. The molecule has 7 heteroatoms. The molecule has 0 bridgehead atoms. The number of hydrogen-bond donors (Lipinski definition) is 1. The number of dihydropyridines is 1. The van der Waals surface area contributed by atoms with E-state index in [2.05, 4.69) is 15.6 Å². The van der Waals surface area contributed by atoms with Crippen LogP contribution in [0.3, 0.4) is 0 Å². The van der Waals surface area contributed by atoms with E-state index in [0.717, 1.165) is 0 Å². The van der Waals surface area contributed by atoms with Crippen LogP contribution in [0.25, 0.3) is 5.32 Å². The number of nitrogens with zero attached hydrogens (tertiary/aromatic N) is 2. The van der Waals surface area contributed by atoms with Crippen LogP contribution in [0.1, 0.15) is 18.9 Å². The Morgan fingerprint density at radius 3 is 2.74 bits per heavy atom. The predicted molar refractivity (Wildman–Crippen MR) is 81.5 cm³/mol. The number of aliphatic imine (C=N–C) groups is 1. The molecule has 1 aliphatic heterocycles. The fourth-order valence-corrected chi connectivity index (χ4v) is 1.93. The van der Waals surface area contributed by atoms with Gasteiger partial charge >= 0.3 is 16.5 Å². The monoisotopic (exact) mass is 355 g/mol. The topological polar surface area (TPSA) is 95.7 Å². The fourth-order valence-electron chi connectivity index (χ4n) is 1.93. The number of carboxylic acid groups (broad SMARTS) is 1. The Kier molecular flexibility index (Phi) is 7.22. The van der Waals surface area contributed by atoms with Gasteiger partial charge in [0.2, 0.25) is 0 Å². The standard InChI is InChI=1S/C16H17N3O3.Ni/c1-11(18-10-15(20)21)12-6-2-3-7-13(12)19-16(22)14-8-4-5-9-17-14;/h2-3,5-9,17H,4,10H2,1H3,(H2,18,19,20,21,22);/q;+2/p-2. The van der Waals surface area contributed by atoms with Crippen LogP contribution < -0.4 is 10.4 Å². The third-order valence-electron chi connectivity index (χ3n) is 3.01. The van der Waals surface area contributed by atoms with Crippen LogP contribution in [0.15, 0.2) is 53.3 Å². The molecule has 0 radical (unpaired) electrons. The van der Waals surface area contributed by atoms with Crippen LogP contribution in [0.4, 0.5) is 5.69 Å². The molecule has 0 spiro atoms. The molecule has 0 saturated heterocycles. The molecule has 0 unspecified atom stereocenters. The van der Waals surface area contributed by atoms with Gasteiger partial charge in [-0.25, -0.2) is 0 Å². The van der Waals surface area contributed by atoms with Crippen LogP contribution in [-0.4, -0.2) is 24.1 Å². The summed E-state index contributed by atoms with van der Waals surface area (Å²) in [7, 11) is 0. The van der Waals surface area contributed by atoms with Gasteiger partial charge < -0.3 is 25.3 Å². The van der Waals surface area contributed by atoms with Gasteiger partial charge in [-0.2, -0.15) is 0 Å². The second-order valence-corrected chi connectivity index (χ2v) is 4.61. The Hall–Kier alpha value is -2.40. The minimum atomic E-state index is -1.26. The van der Waals surface area contributed by atoms with Gasteiger partial charge in [0.05, 0.1) is 18.2 Å². The maximum absolute atomic E-state index is 12.1. The van der Waals surface area contributed by atoms with Crippen molar-refractivity contribution in [2.24, 2.45) is 4.99 Å². The molecule has 122 valence electrons. The summed E-state index contributed by atoms with van der Waals surface area (Å²) in [6.45, 7) is 1.24.